The first kappa shape index (κ1) is 11.6. The quantitative estimate of drug-likeness (QED) is 0.735. The van der Waals surface area contributed by atoms with Crippen molar-refractivity contribution in [3.8, 4) is 11.4 Å². The zero-order chi connectivity index (χ0) is 13.5. The van der Waals surface area contributed by atoms with Gasteiger partial charge in [0, 0.05) is 18.7 Å². The predicted octanol–water partition coefficient (Wildman–Crippen LogP) is 2.76. The average molecular weight is 264 g/mol. The Balaban J connectivity index is 1.96. The summed E-state index contributed by atoms with van der Waals surface area (Å²) < 4.78 is 2.24. The van der Waals surface area contributed by atoms with E-state index in [1.54, 1.807) is 0 Å². The second kappa shape index (κ2) is 4.42. The van der Waals surface area contributed by atoms with Gasteiger partial charge < -0.3 is 9.88 Å². The number of fused-ring (bicyclic) bond motifs is 2. The van der Waals surface area contributed by atoms with Crippen molar-refractivity contribution >= 4 is 10.8 Å². The lowest BCUT2D eigenvalue weighted by atomic mass is 10.0. The number of hydrogen-bond donors (Lipinski definition) is 1. The average Bonchev–Trinajstić information content (AvgIpc) is 2.92. The van der Waals surface area contributed by atoms with Crippen molar-refractivity contribution in [2.45, 2.75) is 19.5 Å². The second-order valence-corrected chi connectivity index (χ2v) is 5.24. The molecular weight excluding hydrogens is 248 g/mol. The molecule has 0 aliphatic carbocycles. The Hall–Kier alpha value is -2.20. The van der Waals surface area contributed by atoms with Crippen LogP contribution in [-0.4, -0.2) is 21.3 Å². The van der Waals surface area contributed by atoms with Crippen LogP contribution in [0.2, 0.25) is 0 Å². The zero-order valence-corrected chi connectivity index (χ0v) is 11.4. The lowest BCUT2D eigenvalue weighted by Gasteiger charge is -2.22. The monoisotopic (exact) mass is 264 g/mol. The summed E-state index contributed by atoms with van der Waals surface area (Å²) in [4.78, 5) is 0. The summed E-state index contributed by atoms with van der Waals surface area (Å²) in [6, 6.07) is 15.0. The van der Waals surface area contributed by atoms with Crippen LogP contribution in [0.25, 0.3) is 22.2 Å². The number of nitrogens with zero attached hydrogens (tertiary/aromatic N) is 3. The van der Waals surface area contributed by atoms with Gasteiger partial charge >= 0.3 is 0 Å². The molecule has 4 heteroatoms. The Kier molecular flexibility index (Phi) is 2.57. The fourth-order valence-corrected chi connectivity index (χ4v) is 2.96. The number of hydrogen-bond acceptors (Lipinski definition) is 3. The molecule has 1 N–H and O–H groups in total. The molecule has 1 aliphatic rings. The Morgan fingerprint density at radius 3 is 2.90 bits per heavy atom. The molecule has 1 aliphatic heterocycles. The maximum atomic E-state index is 4.44. The highest BCUT2D eigenvalue weighted by atomic mass is 15.3. The number of nitrogens with one attached hydrogen (secondary N) is 1. The van der Waals surface area contributed by atoms with Gasteiger partial charge in [-0.25, -0.2) is 0 Å². The van der Waals surface area contributed by atoms with Crippen LogP contribution in [0.4, 0.5) is 0 Å². The third-order valence-corrected chi connectivity index (χ3v) is 3.98. The van der Waals surface area contributed by atoms with Gasteiger partial charge in [-0.1, -0.05) is 42.5 Å². The number of aromatic nitrogens is 3. The van der Waals surface area contributed by atoms with Crippen LogP contribution in [0.1, 0.15) is 18.8 Å². The first-order valence-electron chi connectivity index (χ1n) is 6.99. The lowest BCUT2D eigenvalue weighted by molar-refractivity contribution is 0.439. The number of benzene rings is 2. The van der Waals surface area contributed by atoms with E-state index in [9.17, 15) is 0 Å². The van der Waals surface area contributed by atoms with Crippen LogP contribution in [0.3, 0.4) is 0 Å². The van der Waals surface area contributed by atoms with Gasteiger partial charge in [0.1, 0.15) is 5.82 Å². The van der Waals surface area contributed by atoms with E-state index in [4.69, 9.17) is 0 Å². The van der Waals surface area contributed by atoms with E-state index >= 15 is 0 Å². The first-order valence-corrected chi connectivity index (χ1v) is 6.99. The van der Waals surface area contributed by atoms with Crippen LogP contribution < -0.4 is 5.32 Å². The first-order chi connectivity index (χ1) is 9.84. The standard InChI is InChI=1S/C16H16N4/c1-11-15-18-19-16(20(15)10-9-17-11)14-8-4-6-12-5-2-3-7-13(12)14/h2-8,11,17H,9-10H2,1H3. The molecule has 2 aromatic carbocycles. The molecular formula is C16H16N4. The second-order valence-electron chi connectivity index (χ2n) is 5.24. The molecule has 100 valence electrons. The van der Waals surface area contributed by atoms with Crippen LogP contribution in [0, 0.1) is 0 Å². The van der Waals surface area contributed by atoms with Crippen molar-refractivity contribution < 1.29 is 0 Å². The molecule has 2 heterocycles. The molecule has 20 heavy (non-hydrogen) atoms. The van der Waals surface area contributed by atoms with Gasteiger partial charge in [-0.2, -0.15) is 0 Å². The van der Waals surface area contributed by atoms with Gasteiger partial charge in [0.2, 0.25) is 0 Å². The molecule has 1 unspecified atom stereocenters. The zero-order valence-electron chi connectivity index (χ0n) is 11.4. The van der Waals surface area contributed by atoms with E-state index in [1.165, 1.54) is 10.8 Å². The normalized spacial score (nSPS) is 18.1. The Morgan fingerprint density at radius 1 is 1.10 bits per heavy atom. The van der Waals surface area contributed by atoms with Crippen molar-refractivity contribution in [3.05, 3.63) is 48.3 Å². The smallest absolute Gasteiger partial charge is 0.164 e. The van der Waals surface area contributed by atoms with Gasteiger partial charge in [-0.05, 0) is 17.7 Å². The molecule has 1 atom stereocenters. The summed E-state index contributed by atoms with van der Waals surface area (Å²) >= 11 is 0. The molecule has 4 nitrogen and oxygen atoms in total. The minimum absolute atomic E-state index is 0.264. The summed E-state index contributed by atoms with van der Waals surface area (Å²) in [6.07, 6.45) is 0. The molecule has 0 spiro atoms. The minimum atomic E-state index is 0.264. The van der Waals surface area contributed by atoms with E-state index in [0.29, 0.717) is 0 Å². The highest BCUT2D eigenvalue weighted by Crippen LogP contribution is 2.29. The Bertz CT molecular complexity index is 770. The van der Waals surface area contributed by atoms with Crippen molar-refractivity contribution in [3.63, 3.8) is 0 Å². The van der Waals surface area contributed by atoms with Gasteiger partial charge in [0.05, 0.1) is 6.04 Å². The molecule has 0 amide bonds. The van der Waals surface area contributed by atoms with Crippen molar-refractivity contribution in [1.29, 1.82) is 0 Å². The fraction of sp³-hybridized carbons (Fsp3) is 0.250. The summed E-state index contributed by atoms with van der Waals surface area (Å²) in [5, 5.41) is 14.7. The van der Waals surface area contributed by atoms with E-state index < -0.39 is 0 Å². The third-order valence-electron chi connectivity index (χ3n) is 3.98. The van der Waals surface area contributed by atoms with Gasteiger partial charge in [0.25, 0.3) is 0 Å². The molecule has 0 saturated heterocycles. The topological polar surface area (TPSA) is 42.7 Å². The number of rotatable bonds is 1. The Morgan fingerprint density at radius 2 is 1.95 bits per heavy atom. The molecule has 0 saturated carbocycles. The van der Waals surface area contributed by atoms with Crippen LogP contribution in [0.15, 0.2) is 42.5 Å². The van der Waals surface area contributed by atoms with Gasteiger partial charge in [-0.15, -0.1) is 10.2 Å². The van der Waals surface area contributed by atoms with E-state index in [1.807, 2.05) is 0 Å². The van der Waals surface area contributed by atoms with Crippen LogP contribution in [0.5, 0.6) is 0 Å². The SMILES string of the molecule is CC1NCCn2c(-c3cccc4ccccc34)nnc21. The summed E-state index contributed by atoms with van der Waals surface area (Å²) in [5.74, 6) is 2.00. The maximum absolute atomic E-state index is 4.44. The summed E-state index contributed by atoms with van der Waals surface area (Å²) in [7, 11) is 0. The van der Waals surface area contributed by atoms with E-state index in [0.717, 1.165) is 30.3 Å². The van der Waals surface area contributed by atoms with Crippen LogP contribution >= 0.6 is 0 Å². The Labute approximate surface area is 117 Å². The van der Waals surface area contributed by atoms with Crippen molar-refractivity contribution in [2.75, 3.05) is 6.54 Å². The molecule has 0 bridgehead atoms. The highest BCUT2D eigenvalue weighted by Gasteiger charge is 2.22. The predicted molar refractivity (Wildman–Crippen MR) is 79.4 cm³/mol. The van der Waals surface area contributed by atoms with E-state index in [2.05, 4.69) is 69.5 Å². The van der Waals surface area contributed by atoms with Crippen LogP contribution in [-0.2, 0) is 6.54 Å². The molecule has 3 aromatic rings. The fourth-order valence-electron chi connectivity index (χ4n) is 2.96. The van der Waals surface area contributed by atoms with E-state index in [-0.39, 0.29) is 6.04 Å². The lowest BCUT2D eigenvalue weighted by Crippen LogP contribution is -2.32. The summed E-state index contributed by atoms with van der Waals surface area (Å²) in [6.45, 7) is 4.02. The molecule has 1 aromatic heterocycles. The molecule has 4 rings (SSSR count). The molecule has 0 fully saturated rings. The summed E-state index contributed by atoms with van der Waals surface area (Å²) in [5.41, 5.74) is 1.16. The van der Waals surface area contributed by atoms with Gasteiger partial charge in [-0.3, -0.25) is 0 Å². The van der Waals surface area contributed by atoms with Crippen molar-refractivity contribution in [1.82, 2.24) is 20.1 Å². The highest BCUT2D eigenvalue weighted by molar-refractivity contribution is 5.95. The van der Waals surface area contributed by atoms with Crippen molar-refractivity contribution in [2.24, 2.45) is 0 Å². The van der Waals surface area contributed by atoms with Gasteiger partial charge in [0.15, 0.2) is 5.82 Å². The minimum Gasteiger partial charge on any atom is -0.308 e. The largest absolute Gasteiger partial charge is 0.308 e. The molecule has 0 radical (unpaired) electrons. The maximum Gasteiger partial charge on any atom is 0.164 e. The third kappa shape index (κ3) is 1.65.